The van der Waals surface area contributed by atoms with Gasteiger partial charge < -0.3 is 15.3 Å². The van der Waals surface area contributed by atoms with Crippen LogP contribution in [0.2, 0.25) is 0 Å². The molecule has 3 aromatic rings. The normalized spacial score (nSPS) is 15.1. The summed E-state index contributed by atoms with van der Waals surface area (Å²) in [5, 5.41) is 12.8. The molecule has 4 rings (SSSR count). The summed E-state index contributed by atoms with van der Waals surface area (Å²) in [5.41, 5.74) is 4.45. The van der Waals surface area contributed by atoms with Crippen molar-refractivity contribution in [3.8, 4) is 5.75 Å². The Labute approximate surface area is 195 Å². The molecule has 0 saturated carbocycles. The van der Waals surface area contributed by atoms with Gasteiger partial charge in [-0.05, 0) is 59.9 Å². The number of phenols is 1. The highest BCUT2D eigenvalue weighted by molar-refractivity contribution is 6.01. The fraction of sp³-hybridized carbons (Fsp3) is 0.286. The number of nitrogens with zero attached hydrogens (tertiary/aromatic N) is 1. The fourth-order valence-electron chi connectivity index (χ4n) is 4.33. The highest BCUT2D eigenvalue weighted by Crippen LogP contribution is 2.27. The van der Waals surface area contributed by atoms with E-state index in [1.807, 2.05) is 36.4 Å². The van der Waals surface area contributed by atoms with Crippen molar-refractivity contribution in [3.05, 3.63) is 95.1 Å². The molecule has 1 aliphatic rings. The molecule has 1 heterocycles. The van der Waals surface area contributed by atoms with E-state index < -0.39 is 6.04 Å². The third-order valence-electron chi connectivity index (χ3n) is 6.20. The Balaban J connectivity index is 1.54. The molecule has 5 nitrogen and oxygen atoms in total. The molecule has 33 heavy (non-hydrogen) atoms. The summed E-state index contributed by atoms with van der Waals surface area (Å²) in [7, 11) is 0. The van der Waals surface area contributed by atoms with Crippen molar-refractivity contribution < 1.29 is 14.7 Å². The van der Waals surface area contributed by atoms with Crippen molar-refractivity contribution in [2.45, 2.75) is 51.6 Å². The molecular formula is C28H30N2O3. The molecule has 170 valence electrons. The van der Waals surface area contributed by atoms with Crippen molar-refractivity contribution in [1.29, 1.82) is 0 Å². The lowest BCUT2D eigenvalue weighted by Crippen LogP contribution is -2.50. The first-order chi connectivity index (χ1) is 16.0. The van der Waals surface area contributed by atoms with Gasteiger partial charge in [-0.25, -0.2) is 0 Å². The number of amides is 2. The van der Waals surface area contributed by atoms with E-state index in [0.29, 0.717) is 18.5 Å². The van der Waals surface area contributed by atoms with Gasteiger partial charge in [0, 0.05) is 24.2 Å². The van der Waals surface area contributed by atoms with Gasteiger partial charge in [-0.3, -0.25) is 9.59 Å². The second-order valence-corrected chi connectivity index (χ2v) is 8.62. The number of anilines is 1. The van der Waals surface area contributed by atoms with Crippen LogP contribution in [-0.4, -0.2) is 27.9 Å². The molecule has 1 aliphatic heterocycles. The molecule has 0 unspecified atom stereocenters. The van der Waals surface area contributed by atoms with Crippen LogP contribution in [0.1, 0.15) is 53.2 Å². The van der Waals surface area contributed by atoms with Gasteiger partial charge in [-0.2, -0.15) is 0 Å². The minimum Gasteiger partial charge on any atom is -0.508 e. The summed E-state index contributed by atoms with van der Waals surface area (Å²) in [5.74, 6) is -0.457. The van der Waals surface area contributed by atoms with Crippen LogP contribution < -0.4 is 5.32 Å². The molecular weight excluding hydrogens is 412 g/mol. The van der Waals surface area contributed by atoms with E-state index in [4.69, 9.17) is 0 Å². The van der Waals surface area contributed by atoms with Crippen LogP contribution in [0.5, 0.6) is 5.75 Å². The molecule has 0 spiro atoms. The van der Waals surface area contributed by atoms with Crippen LogP contribution in [0.3, 0.4) is 0 Å². The van der Waals surface area contributed by atoms with Crippen molar-refractivity contribution >= 4 is 17.5 Å². The van der Waals surface area contributed by atoms with Gasteiger partial charge in [0.25, 0.3) is 5.91 Å². The highest BCUT2D eigenvalue weighted by atomic mass is 16.3. The van der Waals surface area contributed by atoms with Gasteiger partial charge in [0.15, 0.2) is 0 Å². The molecule has 0 bridgehead atoms. The SMILES string of the molecule is CCCCCc1ccc(NC(=O)[C@H]2Cc3ccccc3CN2C(=O)c2cccc(O)c2)cc1. The van der Waals surface area contributed by atoms with Crippen LogP contribution in [0.15, 0.2) is 72.8 Å². The number of aryl methyl sites for hydroxylation is 1. The van der Waals surface area contributed by atoms with E-state index in [0.717, 1.165) is 29.7 Å². The lowest BCUT2D eigenvalue weighted by atomic mass is 9.92. The summed E-state index contributed by atoms with van der Waals surface area (Å²) >= 11 is 0. The highest BCUT2D eigenvalue weighted by Gasteiger charge is 2.35. The molecule has 2 N–H and O–H groups in total. The Kier molecular flexibility index (Phi) is 7.08. The Hall–Kier alpha value is -3.60. The number of aromatic hydroxyl groups is 1. The molecule has 0 aliphatic carbocycles. The van der Waals surface area contributed by atoms with Crippen molar-refractivity contribution in [1.82, 2.24) is 4.90 Å². The first-order valence-electron chi connectivity index (χ1n) is 11.6. The molecule has 0 saturated heterocycles. The Morgan fingerprint density at radius 2 is 1.73 bits per heavy atom. The zero-order chi connectivity index (χ0) is 23.2. The Morgan fingerprint density at radius 3 is 2.45 bits per heavy atom. The van der Waals surface area contributed by atoms with E-state index in [9.17, 15) is 14.7 Å². The number of rotatable bonds is 7. The van der Waals surface area contributed by atoms with Crippen LogP contribution in [0.25, 0.3) is 0 Å². The first kappa shape index (κ1) is 22.6. The Bertz CT molecular complexity index is 1120. The quantitative estimate of drug-likeness (QED) is 0.486. The maximum absolute atomic E-state index is 13.3. The van der Waals surface area contributed by atoms with Crippen molar-refractivity contribution in [2.24, 2.45) is 0 Å². The van der Waals surface area contributed by atoms with E-state index in [2.05, 4.69) is 24.4 Å². The second-order valence-electron chi connectivity index (χ2n) is 8.62. The van der Waals surface area contributed by atoms with Gasteiger partial charge in [0.05, 0.1) is 0 Å². The summed E-state index contributed by atoms with van der Waals surface area (Å²) in [6, 6.07) is 21.5. The summed E-state index contributed by atoms with van der Waals surface area (Å²) in [6.45, 7) is 2.54. The maximum atomic E-state index is 13.3. The van der Waals surface area contributed by atoms with Crippen LogP contribution >= 0.6 is 0 Å². The van der Waals surface area contributed by atoms with Crippen molar-refractivity contribution in [3.63, 3.8) is 0 Å². The smallest absolute Gasteiger partial charge is 0.254 e. The van der Waals surface area contributed by atoms with Gasteiger partial charge in [-0.15, -0.1) is 0 Å². The Morgan fingerprint density at radius 1 is 0.970 bits per heavy atom. The van der Waals surface area contributed by atoms with Crippen LogP contribution in [0, 0.1) is 0 Å². The number of phenolic OH excluding ortho intramolecular Hbond substituents is 1. The average Bonchev–Trinajstić information content (AvgIpc) is 2.84. The molecule has 3 aromatic carbocycles. The predicted octanol–water partition coefficient (Wildman–Crippen LogP) is 5.33. The minimum atomic E-state index is -0.640. The molecule has 0 fully saturated rings. The maximum Gasteiger partial charge on any atom is 0.254 e. The number of carbonyl (C=O) groups is 2. The third kappa shape index (κ3) is 5.43. The van der Waals surface area contributed by atoms with E-state index >= 15 is 0 Å². The van der Waals surface area contributed by atoms with E-state index in [1.54, 1.807) is 17.0 Å². The molecule has 1 atom stereocenters. The lowest BCUT2D eigenvalue weighted by Gasteiger charge is -2.36. The average molecular weight is 443 g/mol. The number of nitrogens with one attached hydrogen (secondary N) is 1. The molecule has 2 amide bonds. The predicted molar refractivity (Wildman–Crippen MR) is 130 cm³/mol. The fourth-order valence-corrected chi connectivity index (χ4v) is 4.33. The van der Waals surface area contributed by atoms with Crippen LogP contribution in [-0.2, 0) is 24.2 Å². The van der Waals surface area contributed by atoms with E-state index in [-0.39, 0.29) is 17.6 Å². The standard InChI is InChI=1S/C28H30N2O3/c1-2-3-4-8-20-13-15-24(16-14-20)29-27(32)26-18-21-9-5-6-10-23(21)19-30(26)28(33)22-11-7-12-25(31)17-22/h5-7,9-17,26,31H,2-4,8,18-19H2,1H3,(H,29,32)/t26-/m1/s1. The number of hydrogen-bond donors (Lipinski definition) is 2. The largest absolute Gasteiger partial charge is 0.508 e. The number of benzene rings is 3. The topological polar surface area (TPSA) is 69.6 Å². The number of hydrogen-bond acceptors (Lipinski definition) is 3. The first-order valence-corrected chi connectivity index (χ1v) is 11.6. The number of carbonyl (C=O) groups excluding carboxylic acids is 2. The zero-order valence-electron chi connectivity index (χ0n) is 19.0. The van der Waals surface area contributed by atoms with Crippen molar-refractivity contribution in [2.75, 3.05) is 5.32 Å². The molecule has 5 heteroatoms. The van der Waals surface area contributed by atoms with Crippen LogP contribution in [0.4, 0.5) is 5.69 Å². The number of fused-ring (bicyclic) bond motifs is 1. The molecule has 0 aromatic heterocycles. The van der Waals surface area contributed by atoms with Gasteiger partial charge >= 0.3 is 0 Å². The third-order valence-corrected chi connectivity index (χ3v) is 6.20. The second kappa shape index (κ2) is 10.3. The zero-order valence-corrected chi connectivity index (χ0v) is 19.0. The lowest BCUT2D eigenvalue weighted by molar-refractivity contribution is -0.121. The van der Waals surface area contributed by atoms with Gasteiger partial charge in [0.2, 0.25) is 5.91 Å². The van der Waals surface area contributed by atoms with E-state index in [1.165, 1.54) is 30.5 Å². The minimum absolute atomic E-state index is 0.0262. The van der Waals surface area contributed by atoms with Gasteiger partial charge in [0.1, 0.15) is 11.8 Å². The summed E-state index contributed by atoms with van der Waals surface area (Å²) in [4.78, 5) is 28.3. The summed E-state index contributed by atoms with van der Waals surface area (Å²) < 4.78 is 0. The summed E-state index contributed by atoms with van der Waals surface area (Å²) in [6.07, 6.45) is 5.05. The number of unbranched alkanes of at least 4 members (excludes halogenated alkanes) is 2. The monoisotopic (exact) mass is 442 g/mol. The molecule has 0 radical (unpaired) electrons. The van der Waals surface area contributed by atoms with Gasteiger partial charge in [-0.1, -0.05) is 62.2 Å².